The lowest BCUT2D eigenvalue weighted by Gasteiger charge is -2.25. The number of hydrogen-bond acceptors (Lipinski definition) is 4. The molecule has 0 aromatic heterocycles. The van der Waals surface area contributed by atoms with Crippen molar-refractivity contribution in [3.63, 3.8) is 0 Å². The number of sulfonamides is 2. The van der Waals surface area contributed by atoms with Gasteiger partial charge in [-0.25, -0.2) is 22.0 Å². The molecular weight excluding hydrogens is 360 g/mol. The Hall–Kier alpha value is -1.90. The van der Waals surface area contributed by atoms with Gasteiger partial charge in [0, 0.05) is 7.05 Å². The van der Waals surface area contributed by atoms with Crippen molar-refractivity contribution in [1.82, 2.24) is 0 Å². The topological polar surface area (TPSA) is 97.5 Å². The Balaban J connectivity index is 2.71. The molecule has 8 heteroatoms. The second kappa shape index (κ2) is 6.44. The first-order valence-corrected chi connectivity index (χ1v) is 10.5. The Labute approximate surface area is 149 Å². The van der Waals surface area contributed by atoms with Gasteiger partial charge in [0.2, 0.25) is 10.0 Å². The van der Waals surface area contributed by atoms with Crippen LogP contribution < -0.4 is 9.44 Å². The van der Waals surface area contributed by atoms with E-state index in [4.69, 9.17) is 5.14 Å². The summed E-state index contributed by atoms with van der Waals surface area (Å²) in [6, 6.07) is 8.11. The maximum absolute atomic E-state index is 12.9. The van der Waals surface area contributed by atoms with Gasteiger partial charge in [0.15, 0.2) is 0 Å². The second-order valence-electron chi connectivity index (χ2n) is 6.14. The number of primary sulfonamides is 1. The Bertz CT molecular complexity index is 1030. The van der Waals surface area contributed by atoms with E-state index in [2.05, 4.69) is 0 Å². The molecule has 0 unspecified atom stereocenters. The molecule has 6 nitrogen and oxygen atoms in total. The Morgan fingerprint density at radius 3 is 1.88 bits per heavy atom. The van der Waals surface area contributed by atoms with Crippen molar-refractivity contribution in [2.24, 2.45) is 5.14 Å². The summed E-state index contributed by atoms with van der Waals surface area (Å²) in [5, 5.41) is 5.32. The zero-order chi connectivity index (χ0) is 19.2. The standard InChI is InChI=1S/C17H22N2O4S2/c1-11-6-8-15(9-7-11)25(22,23)19(5)16-12(2)10-13(3)17(14(16)4)24(18,20)21/h6-10H,1-5H3,(H2,18,20,21). The van der Waals surface area contributed by atoms with E-state index in [0.29, 0.717) is 22.4 Å². The van der Waals surface area contributed by atoms with Gasteiger partial charge in [0.1, 0.15) is 0 Å². The van der Waals surface area contributed by atoms with Gasteiger partial charge in [0.25, 0.3) is 10.0 Å². The first-order valence-electron chi connectivity index (χ1n) is 7.56. The number of benzene rings is 2. The molecule has 0 aliphatic heterocycles. The predicted molar refractivity (Wildman–Crippen MR) is 98.8 cm³/mol. The highest BCUT2D eigenvalue weighted by Gasteiger charge is 2.27. The number of nitrogens with two attached hydrogens (primary N) is 1. The van der Waals surface area contributed by atoms with Gasteiger partial charge < -0.3 is 0 Å². The highest BCUT2D eigenvalue weighted by Crippen LogP contribution is 2.34. The van der Waals surface area contributed by atoms with Crippen molar-refractivity contribution >= 4 is 25.7 Å². The second-order valence-corrected chi connectivity index (χ2v) is 9.61. The molecule has 2 rings (SSSR count). The van der Waals surface area contributed by atoms with Crippen molar-refractivity contribution in [3.05, 3.63) is 52.6 Å². The average Bonchev–Trinajstić information content (AvgIpc) is 2.45. The van der Waals surface area contributed by atoms with Crippen LogP contribution in [0.15, 0.2) is 40.1 Å². The zero-order valence-electron chi connectivity index (χ0n) is 14.9. The van der Waals surface area contributed by atoms with Gasteiger partial charge in [-0.15, -0.1) is 0 Å². The fraction of sp³-hybridized carbons (Fsp3) is 0.294. The molecule has 0 heterocycles. The summed E-state index contributed by atoms with van der Waals surface area (Å²) >= 11 is 0. The normalized spacial score (nSPS) is 12.2. The fourth-order valence-corrected chi connectivity index (χ4v) is 5.42. The molecule has 0 saturated carbocycles. The van der Waals surface area contributed by atoms with Crippen molar-refractivity contribution in [2.75, 3.05) is 11.4 Å². The summed E-state index contributed by atoms with van der Waals surface area (Å²) in [4.78, 5) is 0.0937. The number of anilines is 1. The minimum atomic E-state index is -3.97. The number of rotatable bonds is 4. The molecular formula is C17H22N2O4S2. The summed E-state index contributed by atoms with van der Waals surface area (Å²) < 4.78 is 50.8. The van der Waals surface area contributed by atoms with Gasteiger partial charge >= 0.3 is 0 Å². The Morgan fingerprint density at radius 2 is 1.40 bits per heavy atom. The van der Waals surface area contributed by atoms with E-state index in [0.717, 1.165) is 9.87 Å². The molecule has 2 N–H and O–H groups in total. The van der Waals surface area contributed by atoms with Crippen LogP contribution in [-0.4, -0.2) is 23.9 Å². The minimum absolute atomic E-state index is 0.0425. The van der Waals surface area contributed by atoms with E-state index in [1.807, 2.05) is 6.92 Å². The summed E-state index contributed by atoms with van der Waals surface area (Å²) in [7, 11) is -6.40. The molecule has 25 heavy (non-hydrogen) atoms. The molecule has 0 radical (unpaired) electrons. The highest BCUT2D eigenvalue weighted by atomic mass is 32.2. The number of hydrogen-bond donors (Lipinski definition) is 1. The van der Waals surface area contributed by atoms with Crippen LogP contribution in [0.2, 0.25) is 0 Å². The number of nitrogens with zero attached hydrogens (tertiary/aromatic N) is 1. The maximum atomic E-state index is 12.9. The van der Waals surface area contributed by atoms with Crippen LogP contribution >= 0.6 is 0 Å². The van der Waals surface area contributed by atoms with Crippen LogP contribution in [0, 0.1) is 27.7 Å². The molecule has 0 aliphatic rings. The van der Waals surface area contributed by atoms with E-state index in [-0.39, 0.29) is 9.79 Å². The maximum Gasteiger partial charge on any atom is 0.264 e. The van der Waals surface area contributed by atoms with Crippen LogP contribution in [0.4, 0.5) is 5.69 Å². The van der Waals surface area contributed by atoms with Gasteiger partial charge in [0.05, 0.1) is 15.5 Å². The molecule has 2 aromatic rings. The lowest BCUT2D eigenvalue weighted by molar-refractivity contribution is 0.591. The van der Waals surface area contributed by atoms with E-state index < -0.39 is 20.0 Å². The number of aryl methyl sites for hydroxylation is 3. The molecule has 0 aliphatic carbocycles. The van der Waals surface area contributed by atoms with Gasteiger partial charge in [-0.2, -0.15) is 0 Å². The monoisotopic (exact) mass is 382 g/mol. The van der Waals surface area contributed by atoms with E-state index in [9.17, 15) is 16.8 Å². The van der Waals surface area contributed by atoms with Gasteiger partial charge in [-0.1, -0.05) is 23.8 Å². The third kappa shape index (κ3) is 3.56. The summed E-state index contributed by atoms with van der Waals surface area (Å²) in [6.07, 6.45) is 0. The first kappa shape index (κ1) is 19.4. The van der Waals surface area contributed by atoms with Crippen LogP contribution in [0.3, 0.4) is 0 Å². The summed E-state index contributed by atoms with van der Waals surface area (Å²) in [5.41, 5.74) is 2.72. The van der Waals surface area contributed by atoms with Crippen molar-refractivity contribution < 1.29 is 16.8 Å². The lowest BCUT2D eigenvalue weighted by Crippen LogP contribution is -2.29. The molecule has 0 atom stereocenters. The highest BCUT2D eigenvalue weighted by molar-refractivity contribution is 7.92. The zero-order valence-corrected chi connectivity index (χ0v) is 16.5. The van der Waals surface area contributed by atoms with Gasteiger partial charge in [-0.3, -0.25) is 4.31 Å². The Morgan fingerprint density at radius 1 is 0.880 bits per heavy atom. The minimum Gasteiger partial charge on any atom is -0.269 e. The van der Waals surface area contributed by atoms with Crippen LogP contribution in [0.1, 0.15) is 22.3 Å². The van der Waals surface area contributed by atoms with Crippen molar-refractivity contribution in [2.45, 2.75) is 37.5 Å². The fourth-order valence-electron chi connectivity index (χ4n) is 3.07. The summed E-state index contributed by atoms with van der Waals surface area (Å²) in [6.45, 7) is 6.81. The Kier molecular flexibility index (Phi) is 5.00. The molecule has 0 amide bonds. The molecule has 136 valence electrons. The van der Waals surface area contributed by atoms with Crippen molar-refractivity contribution in [1.29, 1.82) is 0 Å². The third-order valence-corrected chi connectivity index (χ3v) is 7.11. The van der Waals surface area contributed by atoms with Crippen LogP contribution in [0.5, 0.6) is 0 Å². The van der Waals surface area contributed by atoms with E-state index >= 15 is 0 Å². The smallest absolute Gasteiger partial charge is 0.264 e. The first-order chi connectivity index (χ1) is 11.4. The van der Waals surface area contributed by atoms with Crippen LogP contribution in [-0.2, 0) is 20.0 Å². The van der Waals surface area contributed by atoms with E-state index in [1.165, 1.54) is 19.2 Å². The molecule has 0 fully saturated rings. The predicted octanol–water partition coefficient (Wildman–Crippen LogP) is 2.39. The summed E-state index contributed by atoms with van der Waals surface area (Å²) in [5.74, 6) is 0. The SMILES string of the molecule is Cc1ccc(S(=O)(=O)N(C)c2c(C)cc(C)c(S(N)(=O)=O)c2C)cc1. The molecule has 2 aromatic carbocycles. The lowest BCUT2D eigenvalue weighted by atomic mass is 10.1. The largest absolute Gasteiger partial charge is 0.269 e. The molecule has 0 bridgehead atoms. The molecule has 0 spiro atoms. The third-order valence-electron chi connectivity index (χ3n) is 4.14. The quantitative estimate of drug-likeness (QED) is 0.878. The van der Waals surface area contributed by atoms with Gasteiger partial charge in [-0.05, 0) is 56.5 Å². The van der Waals surface area contributed by atoms with Crippen LogP contribution in [0.25, 0.3) is 0 Å². The molecule has 0 saturated heterocycles. The average molecular weight is 383 g/mol. The van der Waals surface area contributed by atoms with Crippen molar-refractivity contribution in [3.8, 4) is 0 Å². The van der Waals surface area contributed by atoms with E-state index in [1.54, 1.807) is 39.0 Å².